The van der Waals surface area contributed by atoms with E-state index in [-0.39, 0.29) is 24.3 Å². The van der Waals surface area contributed by atoms with Crippen LogP contribution in [0.4, 0.5) is 11.4 Å². The molecule has 0 saturated heterocycles. The van der Waals surface area contributed by atoms with Crippen LogP contribution in [0.25, 0.3) is 0 Å². The number of fused-ring (bicyclic) bond motifs is 1. The molecule has 2 aliphatic rings. The smallest absolute Gasteiger partial charge is 0.265 e. The predicted molar refractivity (Wildman–Crippen MR) is 103 cm³/mol. The summed E-state index contributed by atoms with van der Waals surface area (Å²) in [6.45, 7) is 0.686. The van der Waals surface area contributed by atoms with E-state index in [1.807, 2.05) is 0 Å². The summed E-state index contributed by atoms with van der Waals surface area (Å²) in [6.07, 6.45) is 1.87. The highest BCUT2D eigenvalue weighted by Crippen LogP contribution is 2.36. The van der Waals surface area contributed by atoms with Crippen molar-refractivity contribution in [2.24, 2.45) is 5.92 Å². The molecule has 1 fully saturated rings. The van der Waals surface area contributed by atoms with Crippen LogP contribution in [-0.4, -0.2) is 31.6 Å². The van der Waals surface area contributed by atoms with Gasteiger partial charge in [-0.15, -0.1) is 0 Å². The third-order valence-electron chi connectivity index (χ3n) is 4.51. The minimum Gasteiger partial charge on any atom is -0.492 e. The second-order valence-corrected chi connectivity index (χ2v) is 7.02. The van der Waals surface area contributed by atoms with Gasteiger partial charge in [0.05, 0.1) is 12.2 Å². The zero-order valence-electron chi connectivity index (χ0n) is 14.6. The van der Waals surface area contributed by atoms with Crippen LogP contribution in [0, 0.1) is 5.92 Å². The van der Waals surface area contributed by atoms with E-state index in [1.165, 1.54) is 0 Å². The number of nitrogens with zero attached hydrogens (tertiary/aromatic N) is 1. The van der Waals surface area contributed by atoms with E-state index >= 15 is 0 Å². The molecule has 1 aliphatic carbocycles. The molecule has 27 heavy (non-hydrogen) atoms. The molecule has 0 spiro atoms. The van der Waals surface area contributed by atoms with E-state index in [0.717, 1.165) is 12.8 Å². The zero-order chi connectivity index (χ0) is 18.8. The van der Waals surface area contributed by atoms with Gasteiger partial charge in [0.25, 0.3) is 5.91 Å². The molecule has 1 N–H and O–H groups in total. The van der Waals surface area contributed by atoms with Gasteiger partial charge in [0.15, 0.2) is 6.61 Å². The number of ether oxygens (including phenoxy) is 2. The van der Waals surface area contributed by atoms with Gasteiger partial charge in [0, 0.05) is 16.6 Å². The van der Waals surface area contributed by atoms with Gasteiger partial charge in [-0.1, -0.05) is 11.6 Å². The Labute approximate surface area is 162 Å². The third kappa shape index (κ3) is 4.17. The fourth-order valence-corrected chi connectivity index (χ4v) is 3.03. The van der Waals surface area contributed by atoms with Crippen molar-refractivity contribution >= 4 is 34.8 Å². The minimum absolute atomic E-state index is 0.0122. The first-order valence-electron chi connectivity index (χ1n) is 8.86. The SMILES string of the molecule is O=C(Nc1ccc2c(c1)N(CCOc1ccc(Cl)cc1)C(=O)CO2)C1CC1. The lowest BCUT2D eigenvalue weighted by Gasteiger charge is -2.29. The van der Waals surface area contributed by atoms with Crippen molar-refractivity contribution in [2.75, 3.05) is 30.0 Å². The Morgan fingerprint density at radius 3 is 2.74 bits per heavy atom. The maximum absolute atomic E-state index is 12.3. The molecule has 1 heterocycles. The third-order valence-corrected chi connectivity index (χ3v) is 4.77. The first kappa shape index (κ1) is 17.7. The highest BCUT2D eigenvalue weighted by molar-refractivity contribution is 6.30. The highest BCUT2D eigenvalue weighted by Gasteiger charge is 2.30. The summed E-state index contributed by atoms with van der Waals surface area (Å²) in [5.74, 6) is 1.29. The van der Waals surface area contributed by atoms with E-state index in [9.17, 15) is 9.59 Å². The first-order valence-corrected chi connectivity index (χ1v) is 9.24. The molecular formula is C20H19ClN2O4. The first-order chi connectivity index (χ1) is 13.1. The van der Waals surface area contributed by atoms with Gasteiger partial charge >= 0.3 is 0 Å². The Morgan fingerprint density at radius 1 is 1.22 bits per heavy atom. The number of benzene rings is 2. The van der Waals surface area contributed by atoms with Crippen LogP contribution in [0.5, 0.6) is 11.5 Å². The summed E-state index contributed by atoms with van der Waals surface area (Å²) in [5, 5.41) is 3.54. The van der Waals surface area contributed by atoms with E-state index in [2.05, 4.69) is 5.32 Å². The lowest BCUT2D eigenvalue weighted by Crippen LogP contribution is -2.41. The molecule has 0 bridgehead atoms. The van der Waals surface area contributed by atoms with Gasteiger partial charge in [0.2, 0.25) is 5.91 Å². The Kier molecular flexibility index (Phi) is 4.90. The molecule has 1 saturated carbocycles. The topological polar surface area (TPSA) is 67.9 Å². The van der Waals surface area contributed by atoms with Crippen molar-refractivity contribution in [1.29, 1.82) is 0 Å². The van der Waals surface area contributed by atoms with E-state index < -0.39 is 0 Å². The van der Waals surface area contributed by atoms with Crippen molar-refractivity contribution in [1.82, 2.24) is 0 Å². The second kappa shape index (κ2) is 7.48. The number of amides is 2. The van der Waals surface area contributed by atoms with Crippen molar-refractivity contribution in [2.45, 2.75) is 12.8 Å². The molecule has 0 atom stereocenters. The number of halogens is 1. The largest absolute Gasteiger partial charge is 0.492 e. The summed E-state index contributed by atoms with van der Waals surface area (Å²) in [6, 6.07) is 12.4. The molecule has 0 unspecified atom stereocenters. The number of nitrogens with one attached hydrogen (secondary N) is 1. The Hall–Kier alpha value is -2.73. The van der Waals surface area contributed by atoms with Crippen molar-refractivity contribution in [3.05, 3.63) is 47.5 Å². The summed E-state index contributed by atoms with van der Waals surface area (Å²) < 4.78 is 11.2. The molecule has 1 aliphatic heterocycles. The molecule has 6 nitrogen and oxygen atoms in total. The van der Waals surface area contributed by atoms with E-state index in [4.69, 9.17) is 21.1 Å². The van der Waals surface area contributed by atoms with Crippen LogP contribution in [0.1, 0.15) is 12.8 Å². The fraction of sp³-hybridized carbons (Fsp3) is 0.300. The van der Waals surface area contributed by atoms with Crippen LogP contribution in [0.3, 0.4) is 0 Å². The molecule has 2 aromatic carbocycles. The minimum atomic E-state index is -0.145. The maximum atomic E-state index is 12.3. The van der Waals surface area contributed by atoms with Crippen LogP contribution in [0.15, 0.2) is 42.5 Å². The average molecular weight is 387 g/mol. The van der Waals surface area contributed by atoms with Gasteiger partial charge in [-0.25, -0.2) is 0 Å². The highest BCUT2D eigenvalue weighted by atomic mass is 35.5. The second-order valence-electron chi connectivity index (χ2n) is 6.58. The summed E-state index contributed by atoms with van der Waals surface area (Å²) in [4.78, 5) is 26.0. The van der Waals surface area contributed by atoms with E-state index in [0.29, 0.717) is 41.0 Å². The number of hydrogen-bond donors (Lipinski definition) is 1. The van der Waals surface area contributed by atoms with Gasteiger partial charge in [0.1, 0.15) is 18.1 Å². The average Bonchev–Trinajstić information content (AvgIpc) is 3.50. The monoisotopic (exact) mass is 386 g/mol. The number of hydrogen-bond acceptors (Lipinski definition) is 4. The maximum Gasteiger partial charge on any atom is 0.265 e. The van der Waals surface area contributed by atoms with Crippen molar-refractivity contribution < 1.29 is 19.1 Å². The molecule has 0 radical (unpaired) electrons. The molecule has 4 rings (SSSR count). The number of rotatable bonds is 6. The van der Waals surface area contributed by atoms with Gasteiger partial charge in [-0.3, -0.25) is 9.59 Å². The molecule has 2 amide bonds. The molecule has 2 aromatic rings. The lowest BCUT2D eigenvalue weighted by atomic mass is 10.2. The van der Waals surface area contributed by atoms with Gasteiger partial charge in [-0.05, 0) is 55.3 Å². The fourth-order valence-electron chi connectivity index (χ4n) is 2.90. The number of carbonyl (C=O) groups excluding carboxylic acids is 2. The Balaban J connectivity index is 1.45. The van der Waals surface area contributed by atoms with Crippen molar-refractivity contribution in [3.63, 3.8) is 0 Å². The van der Waals surface area contributed by atoms with Gasteiger partial charge in [-0.2, -0.15) is 0 Å². The predicted octanol–water partition coefficient (Wildman–Crippen LogP) is 3.49. The van der Waals surface area contributed by atoms with Crippen LogP contribution >= 0.6 is 11.6 Å². The molecule has 0 aromatic heterocycles. The van der Waals surface area contributed by atoms with E-state index in [1.54, 1.807) is 47.4 Å². The lowest BCUT2D eigenvalue weighted by molar-refractivity contribution is -0.121. The summed E-state index contributed by atoms with van der Waals surface area (Å²) >= 11 is 5.86. The normalized spacial score (nSPS) is 15.7. The molecule has 140 valence electrons. The van der Waals surface area contributed by atoms with Crippen LogP contribution in [0.2, 0.25) is 5.02 Å². The zero-order valence-corrected chi connectivity index (χ0v) is 15.4. The standard InChI is InChI=1S/C20H19ClN2O4/c21-14-3-6-16(7-4-14)26-10-9-23-17-11-15(22-20(25)13-1-2-13)5-8-18(17)27-12-19(23)24/h3-8,11,13H,1-2,9-10,12H2,(H,22,25). The number of anilines is 2. The van der Waals surface area contributed by atoms with Crippen LogP contribution < -0.4 is 19.7 Å². The number of carbonyl (C=O) groups is 2. The van der Waals surface area contributed by atoms with Gasteiger partial charge < -0.3 is 19.7 Å². The van der Waals surface area contributed by atoms with Crippen molar-refractivity contribution in [3.8, 4) is 11.5 Å². The Morgan fingerprint density at radius 2 is 2.00 bits per heavy atom. The summed E-state index contributed by atoms with van der Waals surface area (Å²) in [5.41, 5.74) is 1.30. The Bertz CT molecular complexity index is 865. The molecular weight excluding hydrogens is 368 g/mol. The summed E-state index contributed by atoms with van der Waals surface area (Å²) in [7, 11) is 0. The molecule has 7 heteroatoms. The van der Waals surface area contributed by atoms with Crippen LogP contribution in [-0.2, 0) is 9.59 Å². The quantitative estimate of drug-likeness (QED) is 0.825.